The van der Waals surface area contributed by atoms with Crippen molar-refractivity contribution in [1.29, 1.82) is 0 Å². The van der Waals surface area contributed by atoms with Crippen molar-refractivity contribution in [2.45, 2.75) is 65.1 Å². The van der Waals surface area contributed by atoms with Crippen LogP contribution in [0.4, 0.5) is 0 Å². The van der Waals surface area contributed by atoms with Crippen molar-refractivity contribution in [3.05, 3.63) is 0 Å². The maximum Gasteiger partial charge on any atom is 0.0621 e. The van der Waals surface area contributed by atoms with Gasteiger partial charge in [-0.1, -0.05) is 19.8 Å². The van der Waals surface area contributed by atoms with Crippen molar-refractivity contribution < 1.29 is 4.74 Å². The van der Waals surface area contributed by atoms with E-state index in [1.807, 2.05) is 0 Å². The largest absolute Gasteiger partial charge is 0.375 e. The molecule has 15 heavy (non-hydrogen) atoms. The molecule has 2 heteroatoms. The highest BCUT2D eigenvalue weighted by atomic mass is 16.5. The van der Waals surface area contributed by atoms with Crippen LogP contribution in [0.2, 0.25) is 0 Å². The van der Waals surface area contributed by atoms with Crippen molar-refractivity contribution in [2.75, 3.05) is 6.54 Å². The summed E-state index contributed by atoms with van der Waals surface area (Å²) in [5.74, 6) is 1.47. The third kappa shape index (κ3) is 4.12. The van der Waals surface area contributed by atoms with Gasteiger partial charge >= 0.3 is 0 Å². The molecule has 1 aliphatic rings. The van der Waals surface area contributed by atoms with E-state index in [-0.39, 0.29) is 0 Å². The molecule has 2 N–H and O–H groups in total. The van der Waals surface area contributed by atoms with Crippen molar-refractivity contribution in [2.24, 2.45) is 17.6 Å². The summed E-state index contributed by atoms with van der Waals surface area (Å²) in [6.45, 7) is 7.30. The maximum atomic E-state index is 5.99. The number of rotatable bonds is 5. The summed E-state index contributed by atoms with van der Waals surface area (Å²) in [6.07, 6.45) is 7.26. The minimum Gasteiger partial charge on any atom is -0.375 e. The summed E-state index contributed by atoms with van der Waals surface area (Å²) in [7, 11) is 0. The highest BCUT2D eigenvalue weighted by Gasteiger charge is 2.30. The Labute approximate surface area is 94.6 Å². The number of ether oxygens (including phenoxy) is 1. The van der Waals surface area contributed by atoms with Gasteiger partial charge in [-0.05, 0) is 51.5 Å². The maximum absolute atomic E-state index is 5.99. The quantitative estimate of drug-likeness (QED) is 0.762. The van der Waals surface area contributed by atoms with Crippen molar-refractivity contribution in [3.63, 3.8) is 0 Å². The van der Waals surface area contributed by atoms with Gasteiger partial charge in [0, 0.05) is 0 Å². The van der Waals surface area contributed by atoms with E-state index >= 15 is 0 Å². The third-order valence-electron chi connectivity index (χ3n) is 3.48. The summed E-state index contributed by atoms with van der Waals surface area (Å²) in [6, 6.07) is 0. The molecule has 3 atom stereocenters. The first kappa shape index (κ1) is 13.0. The molecule has 0 amide bonds. The molecule has 0 heterocycles. The Morgan fingerprint density at radius 3 is 2.60 bits per heavy atom. The molecule has 0 spiro atoms. The summed E-state index contributed by atoms with van der Waals surface area (Å²) in [4.78, 5) is 0. The number of hydrogen-bond acceptors (Lipinski definition) is 2. The highest BCUT2D eigenvalue weighted by Crippen LogP contribution is 2.33. The molecule has 1 saturated carbocycles. The van der Waals surface area contributed by atoms with E-state index in [1.165, 1.54) is 32.1 Å². The van der Waals surface area contributed by atoms with E-state index in [2.05, 4.69) is 20.8 Å². The first-order chi connectivity index (χ1) is 7.17. The van der Waals surface area contributed by atoms with Crippen LogP contribution in [0.25, 0.3) is 0 Å². The second-order valence-electron chi connectivity index (χ2n) is 5.19. The average molecular weight is 213 g/mol. The fourth-order valence-electron chi connectivity index (χ4n) is 2.73. The smallest absolute Gasteiger partial charge is 0.0621 e. The Bertz CT molecular complexity index is 170. The fourth-order valence-corrected chi connectivity index (χ4v) is 2.73. The second kappa shape index (κ2) is 6.49. The van der Waals surface area contributed by atoms with Gasteiger partial charge in [0.1, 0.15) is 0 Å². The second-order valence-corrected chi connectivity index (χ2v) is 5.19. The van der Waals surface area contributed by atoms with Crippen molar-refractivity contribution in [1.82, 2.24) is 0 Å². The summed E-state index contributed by atoms with van der Waals surface area (Å²) >= 11 is 0. The monoisotopic (exact) mass is 213 g/mol. The van der Waals surface area contributed by atoms with Gasteiger partial charge in [-0.15, -0.1) is 0 Å². The molecule has 0 saturated heterocycles. The Morgan fingerprint density at radius 1 is 1.33 bits per heavy atom. The fraction of sp³-hybridized carbons (Fsp3) is 1.00. The predicted octanol–water partition coefficient (Wildman–Crippen LogP) is 2.96. The van der Waals surface area contributed by atoms with Gasteiger partial charge in [0.2, 0.25) is 0 Å². The molecular formula is C13H27NO. The lowest BCUT2D eigenvalue weighted by Gasteiger charge is -2.36. The standard InChI is InChI=1S/C13H27NO/c1-4-5-11-6-7-12(9-14)13(8-11)15-10(2)3/h10-13H,4-9,14H2,1-3H3. The zero-order valence-corrected chi connectivity index (χ0v) is 10.5. The lowest BCUT2D eigenvalue weighted by molar-refractivity contribution is -0.0556. The molecule has 1 fully saturated rings. The molecule has 1 aliphatic carbocycles. The van der Waals surface area contributed by atoms with E-state index < -0.39 is 0 Å². The molecule has 3 unspecified atom stereocenters. The van der Waals surface area contributed by atoms with E-state index in [1.54, 1.807) is 0 Å². The van der Waals surface area contributed by atoms with Crippen LogP contribution in [0.1, 0.15) is 52.9 Å². The van der Waals surface area contributed by atoms with Crippen molar-refractivity contribution >= 4 is 0 Å². The first-order valence-corrected chi connectivity index (χ1v) is 6.52. The minimum absolute atomic E-state index is 0.337. The summed E-state index contributed by atoms with van der Waals surface area (Å²) in [5, 5.41) is 0. The van der Waals surface area contributed by atoms with Crippen LogP contribution in [-0.2, 0) is 4.74 Å². The molecular weight excluding hydrogens is 186 g/mol. The Kier molecular flexibility index (Phi) is 5.62. The topological polar surface area (TPSA) is 35.2 Å². The molecule has 2 nitrogen and oxygen atoms in total. The van der Waals surface area contributed by atoms with Crippen LogP contribution in [0.15, 0.2) is 0 Å². The molecule has 0 bridgehead atoms. The minimum atomic E-state index is 0.337. The number of nitrogens with two attached hydrogens (primary N) is 1. The molecule has 0 aromatic rings. The molecule has 0 aliphatic heterocycles. The molecule has 1 rings (SSSR count). The van der Waals surface area contributed by atoms with Crippen LogP contribution in [0.3, 0.4) is 0 Å². The van der Waals surface area contributed by atoms with Crippen molar-refractivity contribution in [3.8, 4) is 0 Å². The number of hydrogen-bond donors (Lipinski definition) is 1. The van der Waals surface area contributed by atoms with Crippen LogP contribution in [0.5, 0.6) is 0 Å². The van der Waals surface area contributed by atoms with Gasteiger partial charge in [0.05, 0.1) is 12.2 Å². The molecule has 90 valence electrons. The van der Waals surface area contributed by atoms with E-state index in [4.69, 9.17) is 10.5 Å². The van der Waals surface area contributed by atoms with Gasteiger partial charge in [0.15, 0.2) is 0 Å². The summed E-state index contributed by atoms with van der Waals surface area (Å²) in [5.41, 5.74) is 5.81. The van der Waals surface area contributed by atoms with Gasteiger partial charge in [-0.2, -0.15) is 0 Å². The highest BCUT2D eigenvalue weighted by molar-refractivity contribution is 4.81. The first-order valence-electron chi connectivity index (χ1n) is 6.52. The van der Waals surface area contributed by atoms with Crippen LogP contribution >= 0.6 is 0 Å². The van der Waals surface area contributed by atoms with Crippen LogP contribution in [0, 0.1) is 11.8 Å². The van der Waals surface area contributed by atoms with Gasteiger partial charge in [-0.3, -0.25) is 0 Å². The zero-order valence-electron chi connectivity index (χ0n) is 10.5. The summed E-state index contributed by atoms with van der Waals surface area (Å²) < 4.78 is 5.99. The van der Waals surface area contributed by atoms with E-state index in [0.29, 0.717) is 18.1 Å². The average Bonchev–Trinajstić information content (AvgIpc) is 2.18. The zero-order chi connectivity index (χ0) is 11.3. The normalized spacial score (nSPS) is 32.2. The van der Waals surface area contributed by atoms with Gasteiger partial charge in [0.25, 0.3) is 0 Å². The van der Waals surface area contributed by atoms with E-state index in [0.717, 1.165) is 12.5 Å². The Hall–Kier alpha value is -0.0800. The lowest BCUT2D eigenvalue weighted by Crippen LogP contribution is -2.37. The molecule has 0 aromatic heterocycles. The van der Waals surface area contributed by atoms with E-state index in [9.17, 15) is 0 Å². The third-order valence-corrected chi connectivity index (χ3v) is 3.48. The van der Waals surface area contributed by atoms with Crippen LogP contribution in [-0.4, -0.2) is 18.8 Å². The van der Waals surface area contributed by atoms with Gasteiger partial charge < -0.3 is 10.5 Å². The molecule has 0 radical (unpaired) electrons. The Morgan fingerprint density at radius 2 is 2.07 bits per heavy atom. The van der Waals surface area contributed by atoms with Crippen LogP contribution < -0.4 is 5.73 Å². The lowest BCUT2D eigenvalue weighted by atomic mass is 9.78. The van der Waals surface area contributed by atoms with Gasteiger partial charge in [-0.25, -0.2) is 0 Å². The Balaban J connectivity index is 2.45. The predicted molar refractivity (Wildman–Crippen MR) is 64.8 cm³/mol. The SMILES string of the molecule is CCCC1CCC(CN)C(OC(C)C)C1. The molecule has 0 aromatic carbocycles.